The Morgan fingerprint density at radius 3 is 2.78 bits per heavy atom. The maximum Gasteiger partial charge on any atom is 0.0874 e. The fourth-order valence-electron chi connectivity index (χ4n) is 0.406. The van der Waals surface area contributed by atoms with E-state index in [-0.39, 0.29) is 0 Å². The SMILES string of the molecule is [CH2]CO/C=C/C/C=C/C. The normalized spacial score (nSPS) is 11.3. The van der Waals surface area contributed by atoms with Crippen LogP contribution in [0.1, 0.15) is 13.3 Å². The molecule has 0 saturated heterocycles. The fourth-order valence-corrected chi connectivity index (χ4v) is 0.406. The van der Waals surface area contributed by atoms with E-state index in [1.54, 1.807) is 6.26 Å². The third-order valence-corrected chi connectivity index (χ3v) is 0.818. The Kier molecular flexibility index (Phi) is 6.70. The minimum atomic E-state index is 0.506. The molecule has 0 amide bonds. The first kappa shape index (κ1) is 8.28. The number of hydrogen-bond acceptors (Lipinski definition) is 1. The molecule has 0 aromatic rings. The molecule has 1 heteroatoms. The Morgan fingerprint density at radius 1 is 1.44 bits per heavy atom. The highest BCUT2D eigenvalue weighted by molar-refractivity contribution is 4.87. The topological polar surface area (TPSA) is 9.23 Å². The zero-order valence-corrected chi connectivity index (χ0v) is 5.84. The summed E-state index contributed by atoms with van der Waals surface area (Å²) in [6, 6.07) is 0. The van der Waals surface area contributed by atoms with Crippen molar-refractivity contribution in [3.63, 3.8) is 0 Å². The summed E-state index contributed by atoms with van der Waals surface area (Å²) in [5, 5.41) is 0. The zero-order valence-electron chi connectivity index (χ0n) is 5.84. The van der Waals surface area contributed by atoms with Crippen molar-refractivity contribution in [2.45, 2.75) is 13.3 Å². The van der Waals surface area contributed by atoms with Gasteiger partial charge in [-0.2, -0.15) is 0 Å². The van der Waals surface area contributed by atoms with Crippen LogP contribution in [0.3, 0.4) is 0 Å². The smallest absolute Gasteiger partial charge is 0.0874 e. The second-order valence-electron chi connectivity index (χ2n) is 1.55. The maximum absolute atomic E-state index is 4.85. The van der Waals surface area contributed by atoms with E-state index in [0.29, 0.717) is 6.61 Å². The number of rotatable bonds is 4. The van der Waals surface area contributed by atoms with E-state index >= 15 is 0 Å². The lowest BCUT2D eigenvalue weighted by Crippen LogP contribution is -1.75. The molecule has 0 unspecified atom stereocenters. The number of ether oxygens (including phenoxy) is 1. The molecule has 0 aliphatic carbocycles. The molecule has 0 atom stereocenters. The standard InChI is InChI=1S/C8H13O/c1-3-5-6-7-8-9-4-2/h3,5,7-8H,2,4,6H2,1H3/b5-3+,8-7+. The van der Waals surface area contributed by atoms with Crippen molar-refractivity contribution in [1.29, 1.82) is 0 Å². The largest absolute Gasteiger partial charge is 0.502 e. The van der Waals surface area contributed by atoms with Gasteiger partial charge in [-0.3, -0.25) is 0 Å². The second kappa shape index (κ2) is 7.28. The molecule has 0 aliphatic rings. The quantitative estimate of drug-likeness (QED) is 0.414. The fraction of sp³-hybridized carbons (Fsp3) is 0.375. The zero-order chi connectivity index (χ0) is 6.95. The second-order valence-corrected chi connectivity index (χ2v) is 1.55. The highest BCUT2D eigenvalue weighted by atomic mass is 16.5. The molecule has 0 bridgehead atoms. The summed E-state index contributed by atoms with van der Waals surface area (Å²) in [5.74, 6) is 0. The van der Waals surface area contributed by atoms with Gasteiger partial charge in [-0.1, -0.05) is 12.2 Å². The van der Waals surface area contributed by atoms with Crippen molar-refractivity contribution in [3.05, 3.63) is 31.4 Å². The molecule has 1 radical (unpaired) electrons. The summed E-state index contributed by atoms with van der Waals surface area (Å²) in [6.07, 6.45) is 8.63. The van der Waals surface area contributed by atoms with Crippen LogP contribution < -0.4 is 0 Å². The molecule has 0 aromatic heterocycles. The maximum atomic E-state index is 4.85. The minimum absolute atomic E-state index is 0.506. The van der Waals surface area contributed by atoms with E-state index < -0.39 is 0 Å². The van der Waals surface area contributed by atoms with Crippen molar-refractivity contribution >= 4 is 0 Å². The van der Waals surface area contributed by atoms with Crippen molar-refractivity contribution in [2.75, 3.05) is 6.61 Å². The summed E-state index contributed by atoms with van der Waals surface area (Å²) in [5.41, 5.74) is 0. The molecule has 0 N–H and O–H groups in total. The first-order valence-electron chi connectivity index (χ1n) is 3.08. The summed E-state index contributed by atoms with van der Waals surface area (Å²) >= 11 is 0. The summed E-state index contributed by atoms with van der Waals surface area (Å²) in [6.45, 7) is 6.01. The first-order chi connectivity index (χ1) is 4.41. The lowest BCUT2D eigenvalue weighted by Gasteiger charge is -1.88. The summed E-state index contributed by atoms with van der Waals surface area (Å²) in [7, 11) is 0. The van der Waals surface area contributed by atoms with Gasteiger partial charge < -0.3 is 4.74 Å². The van der Waals surface area contributed by atoms with Gasteiger partial charge in [0.2, 0.25) is 0 Å². The van der Waals surface area contributed by atoms with E-state index in [9.17, 15) is 0 Å². The van der Waals surface area contributed by atoms with E-state index in [0.717, 1.165) is 6.42 Å². The van der Waals surface area contributed by atoms with Crippen molar-refractivity contribution in [3.8, 4) is 0 Å². The van der Waals surface area contributed by atoms with Crippen LogP contribution in [-0.4, -0.2) is 6.61 Å². The Hall–Kier alpha value is -0.720. The predicted molar refractivity (Wildman–Crippen MR) is 39.9 cm³/mol. The highest BCUT2D eigenvalue weighted by Gasteiger charge is 1.68. The van der Waals surface area contributed by atoms with Crippen LogP contribution in [0.2, 0.25) is 0 Å². The highest BCUT2D eigenvalue weighted by Crippen LogP contribution is 1.85. The van der Waals surface area contributed by atoms with Gasteiger partial charge in [0, 0.05) is 0 Å². The van der Waals surface area contributed by atoms with Crippen LogP contribution >= 0.6 is 0 Å². The molecule has 0 fully saturated rings. The third kappa shape index (κ3) is 7.28. The molecular weight excluding hydrogens is 112 g/mol. The van der Waals surface area contributed by atoms with Crippen LogP contribution in [0.4, 0.5) is 0 Å². The van der Waals surface area contributed by atoms with E-state index in [1.165, 1.54) is 0 Å². The van der Waals surface area contributed by atoms with Crippen LogP contribution in [0, 0.1) is 6.92 Å². The molecule has 51 valence electrons. The Morgan fingerprint density at radius 2 is 2.22 bits per heavy atom. The summed E-state index contributed by atoms with van der Waals surface area (Å²) < 4.78 is 4.85. The van der Waals surface area contributed by atoms with Crippen molar-refractivity contribution in [1.82, 2.24) is 0 Å². The predicted octanol–water partition coefficient (Wildman–Crippen LogP) is 2.32. The van der Waals surface area contributed by atoms with Crippen molar-refractivity contribution in [2.24, 2.45) is 0 Å². The van der Waals surface area contributed by atoms with Gasteiger partial charge in [0.05, 0.1) is 12.9 Å². The van der Waals surface area contributed by atoms with Crippen LogP contribution in [0.25, 0.3) is 0 Å². The van der Waals surface area contributed by atoms with Gasteiger partial charge >= 0.3 is 0 Å². The molecule has 0 saturated carbocycles. The van der Waals surface area contributed by atoms with Crippen molar-refractivity contribution < 1.29 is 4.74 Å². The molecule has 0 aliphatic heterocycles. The van der Waals surface area contributed by atoms with Gasteiger partial charge in [-0.05, 0) is 26.3 Å². The number of allylic oxidation sites excluding steroid dienone is 3. The van der Waals surface area contributed by atoms with Crippen LogP contribution in [0.5, 0.6) is 0 Å². The van der Waals surface area contributed by atoms with Crippen LogP contribution in [0.15, 0.2) is 24.5 Å². The van der Waals surface area contributed by atoms with E-state index in [4.69, 9.17) is 4.74 Å². The molecule has 0 rings (SSSR count). The van der Waals surface area contributed by atoms with Gasteiger partial charge in [0.15, 0.2) is 0 Å². The molecule has 1 nitrogen and oxygen atoms in total. The molecular formula is C8H13O. The molecule has 0 spiro atoms. The van der Waals surface area contributed by atoms with Gasteiger partial charge in [-0.15, -0.1) is 0 Å². The lowest BCUT2D eigenvalue weighted by molar-refractivity contribution is 0.287. The van der Waals surface area contributed by atoms with E-state index in [1.807, 2.05) is 19.1 Å². The molecule has 0 aromatic carbocycles. The minimum Gasteiger partial charge on any atom is -0.502 e. The monoisotopic (exact) mass is 125 g/mol. The van der Waals surface area contributed by atoms with E-state index in [2.05, 4.69) is 13.0 Å². The first-order valence-corrected chi connectivity index (χ1v) is 3.08. The van der Waals surface area contributed by atoms with Gasteiger partial charge in [0.1, 0.15) is 0 Å². The van der Waals surface area contributed by atoms with Gasteiger partial charge in [-0.25, -0.2) is 0 Å². The summed E-state index contributed by atoms with van der Waals surface area (Å²) in [4.78, 5) is 0. The Labute approximate surface area is 57.0 Å². The molecule has 0 heterocycles. The third-order valence-electron chi connectivity index (χ3n) is 0.818. The lowest BCUT2D eigenvalue weighted by atomic mass is 10.4. The van der Waals surface area contributed by atoms with Gasteiger partial charge in [0.25, 0.3) is 0 Å². The number of hydrogen-bond donors (Lipinski definition) is 0. The Balaban J connectivity index is 3.04. The molecule has 9 heavy (non-hydrogen) atoms. The average Bonchev–Trinajstić information content (AvgIpc) is 1.89. The average molecular weight is 125 g/mol. The van der Waals surface area contributed by atoms with Crippen LogP contribution in [-0.2, 0) is 4.74 Å². The Bertz CT molecular complexity index is 92.7.